The van der Waals surface area contributed by atoms with Crippen molar-refractivity contribution in [3.8, 4) is 0 Å². The third-order valence-electron chi connectivity index (χ3n) is 3.02. The Balaban J connectivity index is 2.02. The van der Waals surface area contributed by atoms with Crippen LogP contribution in [0.25, 0.3) is 0 Å². The smallest absolute Gasteiger partial charge is 0.203 e. The molecule has 0 bridgehead atoms. The van der Waals surface area contributed by atoms with Crippen LogP contribution in [0.2, 0.25) is 0 Å². The Morgan fingerprint density at radius 1 is 1.16 bits per heavy atom. The molecule has 1 N–H and O–H groups in total. The molecule has 2 aromatic heterocycles. The molecule has 2 aromatic rings. The Morgan fingerprint density at radius 2 is 2.00 bits per heavy atom. The highest BCUT2D eigenvalue weighted by Gasteiger charge is 2.05. The van der Waals surface area contributed by atoms with Gasteiger partial charge in [-0.25, -0.2) is 4.98 Å². The fraction of sp³-hybridized carbons (Fsp3) is 0.467. The number of aryl methyl sites for hydroxylation is 3. The lowest BCUT2D eigenvalue weighted by Gasteiger charge is -2.09. The molecule has 0 amide bonds. The van der Waals surface area contributed by atoms with Crippen LogP contribution in [0, 0.1) is 13.8 Å². The third-order valence-corrected chi connectivity index (χ3v) is 3.02. The summed E-state index contributed by atoms with van der Waals surface area (Å²) in [4.78, 5) is 9.01. The number of unbranched alkanes of at least 4 members (excludes halogenated alkanes) is 1. The van der Waals surface area contributed by atoms with Crippen LogP contribution in [0.3, 0.4) is 0 Å². The van der Waals surface area contributed by atoms with Crippen LogP contribution in [0.1, 0.15) is 36.8 Å². The fourth-order valence-corrected chi connectivity index (χ4v) is 2.05. The summed E-state index contributed by atoms with van der Waals surface area (Å²) < 4.78 is 2.19. The summed E-state index contributed by atoms with van der Waals surface area (Å²) >= 11 is 0. The van der Waals surface area contributed by atoms with Crippen molar-refractivity contribution in [3.05, 3.63) is 41.5 Å². The molecule has 0 radical (unpaired) electrons. The van der Waals surface area contributed by atoms with E-state index in [1.165, 1.54) is 12.8 Å². The molecule has 0 fully saturated rings. The van der Waals surface area contributed by atoms with Crippen LogP contribution in [-0.4, -0.2) is 14.5 Å². The molecule has 4 heteroatoms. The molecule has 0 aromatic carbocycles. The minimum Gasteiger partial charge on any atom is -0.350 e. The van der Waals surface area contributed by atoms with Crippen LogP contribution in [0.5, 0.6) is 0 Å². The molecule has 19 heavy (non-hydrogen) atoms. The van der Waals surface area contributed by atoms with E-state index in [1.54, 1.807) is 0 Å². The number of nitrogens with zero attached hydrogens (tertiary/aromatic N) is 3. The van der Waals surface area contributed by atoms with Gasteiger partial charge in [0.15, 0.2) is 0 Å². The summed E-state index contributed by atoms with van der Waals surface area (Å²) in [6, 6.07) is 6.08. The van der Waals surface area contributed by atoms with Crippen molar-refractivity contribution in [3.63, 3.8) is 0 Å². The maximum absolute atomic E-state index is 4.53. The predicted molar refractivity (Wildman–Crippen MR) is 78.2 cm³/mol. The Labute approximate surface area is 114 Å². The van der Waals surface area contributed by atoms with Crippen molar-refractivity contribution in [1.29, 1.82) is 0 Å². The predicted octanol–water partition coefficient (Wildman–Crippen LogP) is 3.31. The Morgan fingerprint density at radius 3 is 2.74 bits per heavy atom. The molecule has 0 unspecified atom stereocenters. The molecule has 0 saturated carbocycles. The second-order valence-corrected chi connectivity index (χ2v) is 4.88. The molecule has 4 nitrogen and oxygen atoms in total. The van der Waals surface area contributed by atoms with Gasteiger partial charge in [-0.1, -0.05) is 19.4 Å². The first-order valence-corrected chi connectivity index (χ1v) is 6.89. The SMILES string of the molecule is CCCCn1cc(C)nc1NCc1cccc(C)n1. The van der Waals surface area contributed by atoms with Crippen molar-refractivity contribution in [2.45, 2.75) is 46.7 Å². The van der Waals surface area contributed by atoms with Gasteiger partial charge in [0.05, 0.1) is 17.9 Å². The van der Waals surface area contributed by atoms with E-state index in [1.807, 2.05) is 32.0 Å². The number of rotatable bonds is 6. The van der Waals surface area contributed by atoms with Crippen LogP contribution in [0.4, 0.5) is 5.95 Å². The van der Waals surface area contributed by atoms with Gasteiger partial charge in [-0.3, -0.25) is 4.98 Å². The van der Waals surface area contributed by atoms with Gasteiger partial charge in [0.1, 0.15) is 0 Å². The molecule has 102 valence electrons. The van der Waals surface area contributed by atoms with Crippen molar-refractivity contribution in [1.82, 2.24) is 14.5 Å². The summed E-state index contributed by atoms with van der Waals surface area (Å²) in [5.74, 6) is 0.939. The highest BCUT2D eigenvalue weighted by atomic mass is 15.2. The molecule has 0 aliphatic rings. The lowest BCUT2D eigenvalue weighted by atomic mass is 10.3. The molecule has 0 aliphatic carbocycles. The molecule has 0 spiro atoms. The topological polar surface area (TPSA) is 42.7 Å². The third kappa shape index (κ3) is 3.81. The number of pyridine rings is 1. The number of imidazole rings is 1. The van der Waals surface area contributed by atoms with Crippen molar-refractivity contribution < 1.29 is 0 Å². The van der Waals surface area contributed by atoms with Gasteiger partial charge in [0.2, 0.25) is 5.95 Å². The van der Waals surface area contributed by atoms with Gasteiger partial charge < -0.3 is 9.88 Å². The zero-order valence-corrected chi connectivity index (χ0v) is 12.0. The zero-order chi connectivity index (χ0) is 13.7. The monoisotopic (exact) mass is 258 g/mol. The maximum atomic E-state index is 4.53. The first kappa shape index (κ1) is 13.6. The molecule has 0 atom stereocenters. The molecular weight excluding hydrogens is 236 g/mol. The summed E-state index contributed by atoms with van der Waals surface area (Å²) in [7, 11) is 0. The first-order chi connectivity index (χ1) is 9.19. The van der Waals surface area contributed by atoms with Crippen molar-refractivity contribution in [2.75, 3.05) is 5.32 Å². The Hall–Kier alpha value is -1.84. The number of anilines is 1. The van der Waals surface area contributed by atoms with Gasteiger partial charge in [-0.2, -0.15) is 0 Å². The summed E-state index contributed by atoms with van der Waals surface area (Å²) in [6.45, 7) is 7.97. The minimum atomic E-state index is 0.713. The minimum absolute atomic E-state index is 0.713. The van der Waals surface area contributed by atoms with Crippen LogP contribution < -0.4 is 5.32 Å². The lowest BCUT2D eigenvalue weighted by molar-refractivity contribution is 0.634. The zero-order valence-electron chi connectivity index (χ0n) is 12.0. The van der Waals surface area contributed by atoms with Crippen molar-refractivity contribution >= 4 is 5.95 Å². The van der Waals surface area contributed by atoms with E-state index < -0.39 is 0 Å². The van der Waals surface area contributed by atoms with Gasteiger partial charge >= 0.3 is 0 Å². The molecule has 0 aliphatic heterocycles. The van der Waals surface area contributed by atoms with E-state index in [0.717, 1.165) is 29.6 Å². The largest absolute Gasteiger partial charge is 0.350 e. The summed E-state index contributed by atoms with van der Waals surface area (Å²) in [5, 5.41) is 3.38. The number of nitrogens with one attached hydrogen (secondary N) is 1. The van der Waals surface area contributed by atoms with E-state index >= 15 is 0 Å². The second kappa shape index (κ2) is 6.36. The molecular formula is C15H22N4. The summed E-state index contributed by atoms with van der Waals surface area (Å²) in [6.07, 6.45) is 4.46. The number of aromatic nitrogens is 3. The number of hydrogen-bond acceptors (Lipinski definition) is 3. The van der Waals surface area contributed by atoms with E-state index in [0.29, 0.717) is 6.54 Å². The molecule has 2 heterocycles. The molecule has 0 saturated heterocycles. The quantitative estimate of drug-likeness (QED) is 0.864. The van der Waals surface area contributed by atoms with E-state index in [-0.39, 0.29) is 0 Å². The van der Waals surface area contributed by atoms with Crippen LogP contribution >= 0.6 is 0 Å². The molecule has 2 rings (SSSR count). The average molecular weight is 258 g/mol. The highest BCUT2D eigenvalue weighted by Crippen LogP contribution is 2.11. The van der Waals surface area contributed by atoms with Crippen LogP contribution in [0.15, 0.2) is 24.4 Å². The number of hydrogen-bond donors (Lipinski definition) is 1. The second-order valence-electron chi connectivity index (χ2n) is 4.88. The van der Waals surface area contributed by atoms with E-state index in [2.05, 4.69) is 33.0 Å². The normalized spacial score (nSPS) is 10.7. The summed E-state index contributed by atoms with van der Waals surface area (Å²) in [5.41, 5.74) is 3.14. The first-order valence-electron chi connectivity index (χ1n) is 6.89. The van der Waals surface area contributed by atoms with Gasteiger partial charge in [0.25, 0.3) is 0 Å². The van der Waals surface area contributed by atoms with Crippen molar-refractivity contribution in [2.24, 2.45) is 0 Å². The van der Waals surface area contributed by atoms with Gasteiger partial charge in [0, 0.05) is 18.4 Å². The highest BCUT2D eigenvalue weighted by molar-refractivity contribution is 5.30. The van der Waals surface area contributed by atoms with Gasteiger partial charge in [-0.05, 0) is 32.4 Å². The van der Waals surface area contributed by atoms with E-state index in [4.69, 9.17) is 0 Å². The van der Waals surface area contributed by atoms with Gasteiger partial charge in [-0.15, -0.1) is 0 Å². The Bertz CT molecular complexity index is 531. The van der Waals surface area contributed by atoms with Crippen LogP contribution in [-0.2, 0) is 13.1 Å². The Kier molecular flexibility index (Phi) is 4.55. The lowest BCUT2D eigenvalue weighted by Crippen LogP contribution is -2.08. The van der Waals surface area contributed by atoms with E-state index in [9.17, 15) is 0 Å². The maximum Gasteiger partial charge on any atom is 0.203 e. The average Bonchev–Trinajstić information content (AvgIpc) is 2.74. The fourth-order valence-electron chi connectivity index (χ4n) is 2.05. The standard InChI is InChI=1S/C15H22N4/c1-4-5-9-19-11-13(3)18-15(19)16-10-14-8-6-7-12(2)17-14/h6-8,11H,4-5,9-10H2,1-3H3,(H,16,18).